The zero-order valence-electron chi connectivity index (χ0n) is 12.6. The van der Waals surface area contributed by atoms with E-state index in [1.54, 1.807) is 26.8 Å². The molecule has 1 aliphatic rings. The van der Waals surface area contributed by atoms with Gasteiger partial charge in [0.25, 0.3) is 5.91 Å². The average molecular weight is 293 g/mol. The largest absolute Gasteiger partial charge is 0.458 e. The van der Waals surface area contributed by atoms with Crippen molar-refractivity contribution in [3.63, 3.8) is 0 Å². The smallest absolute Gasteiger partial charge is 0.329 e. The van der Waals surface area contributed by atoms with Crippen LogP contribution in [0.2, 0.25) is 0 Å². The molecule has 4 nitrogen and oxygen atoms in total. The summed E-state index contributed by atoms with van der Waals surface area (Å²) in [7, 11) is 0. The van der Waals surface area contributed by atoms with Crippen LogP contribution in [0.15, 0.2) is 24.3 Å². The fourth-order valence-corrected chi connectivity index (χ4v) is 2.41. The Morgan fingerprint density at radius 1 is 1.29 bits per heavy atom. The maximum absolute atomic E-state index is 13.7. The quantitative estimate of drug-likeness (QED) is 0.788. The normalized spacial score (nSPS) is 18.7. The van der Waals surface area contributed by atoms with E-state index in [2.05, 4.69) is 0 Å². The average Bonchev–Trinajstić information content (AvgIpc) is 2.85. The van der Waals surface area contributed by atoms with E-state index in [-0.39, 0.29) is 5.56 Å². The molecule has 1 aliphatic heterocycles. The Hall–Kier alpha value is -1.91. The van der Waals surface area contributed by atoms with Crippen molar-refractivity contribution in [3.8, 4) is 0 Å². The SMILES string of the molecule is CC(C)(C)OC(=O)[C@@H]1CCCN1C(=O)c1ccccc1F. The van der Waals surface area contributed by atoms with Crippen LogP contribution in [0, 0.1) is 5.82 Å². The van der Waals surface area contributed by atoms with Gasteiger partial charge in [-0.15, -0.1) is 0 Å². The van der Waals surface area contributed by atoms with Crippen LogP contribution in [0.25, 0.3) is 0 Å². The highest BCUT2D eigenvalue weighted by molar-refractivity contribution is 5.97. The number of esters is 1. The topological polar surface area (TPSA) is 46.6 Å². The van der Waals surface area contributed by atoms with Crippen molar-refractivity contribution in [2.75, 3.05) is 6.54 Å². The Morgan fingerprint density at radius 3 is 2.57 bits per heavy atom. The first-order valence-electron chi connectivity index (χ1n) is 7.08. The summed E-state index contributed by atoms with van der Waals surface area (Å²) in [6, 6.07) is 5.18. The monoisotopic (exact) mass is 293 g/mol. The highest BCUT2D eigenvalue weighted by atomic mass is 19.1. The number of carbonyl (C=O) groups is 2. The van der Waals surface area contributed by atoms with Crippen molar-refractivity contribution in [2.45, 2.75) is 45.3 Å². The third kappa shape index (κ3) is 3.60. The molecule has 5 heteroatoms. The van der Waals surface area contributed by atoms with Crippen molar-refractivity contribution in [2.24, 2.45) is 0 Å². The molecule has 21 heavy (non-hydrogen) atoms. The van der Waals surface area contributed by atoms with Gasteiger partial charge in [-0.05, 0) is 45.7 Å². The highest BCUT2D eigenvalue weighted by Crippen LogP contribution is 2.24. The standard InChI is InChI=1S/C16H20FNO3/c1-16(2,3)21-15(20)13-9-6-10-18(13)14(19)11-7-4-5-8-12(11)17/h4-5,7-8,13H,6,9-10H2,1-3H3/t13-/m0/s1. The summed E-state index contributed by atoms with van der Waals surface area (Å²) >= 11 is 0. The van der Waals surface area contributed by atoms with E-state index in [1.807, 2.05) is 0 Å². The van der Waals surface area contributed by atoms with Crippen LogP contribution in [0.5, 0.6) is 0 Å². The molecule has 1 fully saturated rings. The number of nitrogens with zero attached hydrogens (tertiary/aromatic N) is 1. The van der Waals surface area contributed by atoms with E-state index in [9.17, 15) is 14.0 Å². The number of ether oxygens (including phenoxy) is 1. The number of benzene rings is 1. The predicted molar refractivity (Wildman–Crippen MR) is 76.3 cm³/mol. The van der Waals surface area contributed by atoms with Gasteiger partial charge in [0.15, 0.2) is 0 Å². The van der Waals surface area contributed by atoms with Crippen LogP contribution < -0.4 is 0 Å². The predicted octanol–water partition coefficient (Wildman–Crippen LogP) is 2.77. The van der Waals surface area contributed by atoms with Crippen molar-refractivity contribution < 1.29 is 18.7 Å². The molecule has 0 saturated carbocycles. The molecule has 0 radical (unpaired) electrons. The molecule has 0 N–H and O–H groups in total. The lowest BCUT2D eigenvalue weighted by molar-refractivity contribution is -0.159. The van der Waals surface area contributed by atoms with Crippen molar-refractivity contribution in [3.05, 3.63) is 35.6 Å². The summed E-state index contributed by atoms with van der Waals surface area (Å²) in [4.78, 5) is 26.0. The maximum atomic E-state index is 13.7. The Bertz CT molecular complexity index is 551. The van der Waals surface area contributed by atoms with Gasteiger partial charge in [0, 0.05) is 6.54 Å². The summed E-state index contributed by atoms with van der Waals surface area (Å²) in [5, 5.41) is 0. The van der Waals surface area contributed by atoms with Crippen LogP contribution in [0.4, 0.5) is 4.39 Å². The summed E-state index contributed by atoms with van der Waals surface area (Å²) in [6.07, 6.45) is 1.26. The molecule has 0 aromatic heterocycles. The number of hydrogen-bond acceptors (Lipinski definition) is 3. The molecule has 0 spiro atoms. The van der Waals surface area contributed by atoms with Crippen LogP contribution in [0.3, 0.4) is 0 Å². The highest BCUT2D eigenvalue weighted by Gasteiger charge is 2.37. The third-order valence-corrected chi connectivity index (χ3v) is 3.30. The molecular weight excluding hydrogens is 273 g/mol. The molecule has 1 atom stereocenters. The molecule has 2 rings (SSSR count). The Kier molecular flexibility index (Phi) is 4.30. The third-order valence-electron chi connectivity index (χ3n) is 3.30. The fraction of sp³-hybridized carbons (Fsp3) is 0.500. The summed E-state index contributed by atoms with van der Waals surface area (Å²) in [5.41, 5.74) is -0.611. The maximum Gasteiger partial charge on any atom is 0.329 e. The van der Waals surface area contributed by atoms with Crippen molar-refractivity contribution in [1.29, 1.82) is 0 Å². The zero-order valence-corrected chi connectivity index (χ0v) is 12.6. The second-order valence-electron chi connectivity index (χ2n) is 6.17. The first-order chi connectivity index (χ1) is 9.79. The Balaban J connectivity index is 2.17. The van der Waals surface area contributed by atoms with Crippen LogP contribution in [-0.2, 0) is 9.53 Å². The molecule has 0 aliphatic carbocycles. The molecule has 1 saturated heterocycles. The van der Waals surface area contributed by atoms with E-state index >= 15 is 0 Å². The number of hydrogen-bond donors (Lipinski definition) is 0. The molecule has 1 amide bonds. The van der Waals surface area contributed by atoms with E-state index in [0.717, 1.165) is 0 Å². The molecular formula is C16H20FNO3. The molecule has 1 aromatic rings. The number of rotatable bonds is 2. The van der Waals surface area contributed by atoms with Gasteiger partial charge in [-0.3, -0.25) is 4.79 Å². The lowest BCUT2D eigenvalue weighted by Crippen LogP contribution is -2.43. The van der Waals surface area contributed by atoms with Gasteiger partial charge in [0.05, 0.1) is 5.56 Å². The van der Waals surface area contributed by atoms with Gasteiger partial charge >= 0.3 is 5.97 Å². The second-order valence-corrected chi connectivity index (χ2v) is 6.17. The molecule has 1 heterocycles. The second kappa shape index (κ2) is 5.84. The summed E-state index contributed by atoms with van der Waals surface area (Å²) in [6.45, 7) is 5.78. The van der Waals surface area contributed by atoms with E-state index < -0.39 is 29.3 Å². The van der Waals surface area contributed by atoms with Gasteiger partial charge in [0.2, 0.25) is 0 Å². The lowest BCUT2D eigenvalue weighted by Gasteiger charge is -2.27. The number of carbonyl (C=O) groups excluding carboxylic acids is 2. The minimum absolute atomic E-state index is 0.00652. The Labute approximate surface area is 123 Å². The fourth-order valence-electron chi connectivity index (χ4n) is 2.41. The molecule has 0 bridgehead atoms. The summed E-state index contributed by atoms with van der Waals surface area (Å²) < 4.78 is 19.1. The number of amides is 1. The zero-order chi connectivity index (χ0) is 15.6. The summed E-state index contributed by atoms with van der Waals surface area (Å²) in [5.74, 6) is -1.46. The van der Waals surface area contributed by atoms with Crippen LogP contribution >= 0.6 is 0 Å². The van der Waals surface area contributed by atoms with E-state index in [0.29, 0.717) is 19.4 Å². The molecule has 1 aromatic carbocycles. The van der Waals surface area contributed by atoms with Gasteiger partial charge in [-0.2, -0.15) is 0 Å². The Morgan fingerprint density at radius 2 is 1.95 bits per heavy atom. The van der Waals surface area contributed by atoms with Crippen LogP contribution in [0.1, 0.15) is 44.0 Å². The number of halogens is 1. The lowest BCUT2D eigenvalue weighted by atomic mass is 10.1. The van der Waals surface area contributed by atoms with Gasteiger partial charge < -0.3 is 9.64 Å². The first kappa shape index (κ1) is 15.5. The van der Waals surface area contributed by atoms with Crippen molar-refractivity contribution >= 4 is 11.9 Å². The molecule has 0 unspecified atom stereocenters. The van der Waals surface area contributed by atoms with E-state index in [1.165, 1.54) is 23.1 Å². The minimum Gasteiger partial charge on any atom is -0.458 e. The van der Waals surface area contributed by atoms with E-state index in [4.69, 9.17) is 4.74 Å². The van der Waals surface area contributed by atoms with Gasteiger partial charge in [0.1, 0.15) is 17.5 Å². The number of likely N-dealkylation sites (tertiary alicyclic amines) is 1. The molecule has 114 valence electrons. The van der Waals surface area contributed by atoms with Crippen LogP contribution in [-0.4, -0.2) is 35.0 Å². The first-order valence-corrected chi connectivity index (χ1v) is 7.08. The van der Waals surface area contributed by atoms with Gasteiger partial charge in [-0.1, -0.05) is 12.1 Å². The van der Waals surface area contributed by atoms with Crippen molar-refractivity contribution in [1.82, 2.24) is 4.90 Å². The van der Waals surface area contributed by atoms with Gasteiger partial charge in [-0.25, -0.2) is 9.18 Å². The minimum atomic E-state index is -0.628.